The highest BCUT2D eigenvalue weighted by atomic mass is 35.5. The van der Waals surface area contributed by atoms with Crippen LogP contribution in [0.15, 0.2) is 76.7 Å². The zero-order valence-corrected chi connectivity index (χ0v) is 17.6. The maximum Gasteiger partial charge on any atom is 0.208 e. The molecule has 0 unspecified atom stereocenters. The van der Waals surface area contributed by atoms with E-state index in [-0.39, 0.29) is 14.8 Å². The molecule has 0 aliphatic heterocycles. The van der Waals surface area contributed by atoms with Gasteiger partial charge in [-0.3, -0.25) is 4.98 Å². The number of nitrogens with zero attached hydrogens (tertiary/aromatic N) is 1. The summed E-state index contributed by atoms with van der Waals surface area (Å²) in [6.45, 7) is 0. The smallest absolute Gasteiger partial charge is 0.208 e. The van der Waals surface area contributed by atoms with Gasteiger partial charge in [0.25, 0.3) is 0 Å². The third-order valence-electron chi connectivity index (χ3n) is 4.37. The number of rotatable bonds is 3. The minimum atomic E-state index is -4.13. The molecule has 0 saturated carbocycles. The molecule has 0 atom stereocenters. The first-order valence-electron chi connectivity index (χ1n) is 8.31. The number of benzene rings is 3. The van der Waals surface area contributed by atoms with E-state index in [2.05, 4.69) is 4.98 Å². The van der Waals surface area contributed by atoms with E-state index >= 15 is 0 Å². The minimum Gasteiger partial charge on any atom is -0.255 e. The molecule has 8 heteroatoms. The lowest BCUT2D eigenvalue weighted by Crippen LogP contribution is -2.06. The number of fused-ring (bicyclic) bond motifs is 1. The topological polar surface area (TPSA) is 47.0 Å². The molecule has 0 aliphatic rings. The molecule has 3 nitrogen and oxygen atoms in total. The van der Waals surface area contributed by atoms with Gasteiger partial charge in [0.2, 0.25) is 9.84 Å². The molecule has 0 saturated heterocycles. The van der Waals surface area contributed by atoms with Crippen LogP contribution in [-0.2, 0) is 9.84 Å². The van der Waals surface area contributed by atoms with Gasteiger partial charge in [-0.15, -0.1) is 0 Å². The molecule has 0 bridgehead atoms. The summed E-state index contributed by atoms with van der Waals surface area (Å²) in [6, 6.07) is 14.9. The van der Waals surface area contributed by atoms with Crippen molar-refractivity contribution in [1.29, 1.82) is 0 Å². The maximum atomic E-state index is 13.8. The molecule has 0 radical (unpaired) electrons. The van der Waals surface area contributed by atoms with Gasteiger partial charge in [-0.1, -0.05) is 53.0 Å². The summed E-state index contributed by atoms with van der Waals surface area (Å²) >= 11 is 17.9. The van der Waals surface area contributed by atoms with Crippen molar-refractivity contribution in [3.63, 3.8) is 0 Å². The van der Waals surface area contributed by atoms with Crippen molar-refractivity contribution in [2.24, 2.45) is 0 Å². The number of sulfone groups is 1. The number of aromatic nitrogens is 1. The second-order valence-electron chi connectivity index (χ2n) is 6.27. The third kappa shape index (κ3) is 3.83. The molecule has 3 aromatic carbocycles. The van der Waals surface area contributed by atoms with Crippen molar-refractivity contribution in [3.8, 4) is 11.1 Å². The molecule has 0 spiro atoms. The first-order valence-corrected chi connectivity index (χ1v) is 10.9. The van der Waals surface area contributed by atoms with Crippen molar-refractivity contribution in [1.82, 2.24) is 4.98 Å². The first kappa shape index (κ1) is 20.1. The van der Waals surface area contributed by atoms with Crippen molar-refractivity contribution in [3.05, 3.63) is 87.7 Å². The monoisotopic (exact) mass is 465 g/mol. The van der Waals surface area contributed by atoms with Crippen LogP contribution in [0, 0.1) is 5.82 Å². The molecule has 0 N–H and O–H groups in total. The van der Waals surface area contributed by atoms with Gasteiger partial charge < -0.3 is 0 Å². The van der Waals surface area contributed by atoms with E-state index in [4.69, 9.17) is 34.8 Å². The summed E-state index contributed by atoms with van der Waals surface area (Å²) in [6.07, 6.45) is 1.25. The highest BCUT2D eigenvalue weighted by Gasteiger charge is 2.25. The van der Waals surface area contributed by atoms with Crippen molar-refractivity contribution in [2.75, 3.05) is 0 Å². The van der Waals surface area contributed by atoms with Gasteiger partial charge in [0.1, 0.15) is 5.82 Å². The highest BCUT2D eigenvalue weighted by molar-refractivity contribution is 7.91. The van der Waals surface area contributed by atoms with E-state index in [1.54, 1.807) is 42.5 Å². The highest BCUT2D eigenvalue weighted by Crippen LogP contribution is 2.38. The van der Waals surface area contributed by atoms with Crippen LogP contribution in [0.4, 0.5) is 4.39 Å². The lowest BCUT2D eigenvalue weighted by atomic mass is 10.0. The predicted octanol–water partition coefficient (Wildman–Crippen LogP) is 6.83. The van der Waals surface area contributed by atoms with Crippen LogP contribution in [0.25, 0.3) is 22.0 Å². The van der Waals surface area contributed by atoms with Gasteiger partial charge in [-0.2, -0.15) is 0 Å². The molecule has 146 valence electrons. The van der Waals surface area contributed by atoms with Crippen LogP contribution in [-0.4, -0.2) is 13.4 Å². The van der Waals surface area contributed by atoms with Crippen LogP contribution >= 0.6 is 34.8 Å². The second-order valence-corrected chi connectivity index (χ2v) is 9.50. The van der Waals surface area contributed by atoms with Crippen molar-refractivity contribution in [2.45, 2.75) is 9.79 Å². The van der Waals surface area contributed by atoms with Gasteiger partial charge in [-0.05, 0) is 48.0 Å². The Kier molecular flexibility index (Phi) is 5.25. The molecule has 1 aromatic heterocycles. The van der Waals surface area contributed by atoms with Crippen LogP contribution < -0.4 is 0 Å². The lowest BCUT2D eigenvalue weighted by Gasteiger charge is -2.14. The predicted molar refractivity (Wildman–Crippen MR) is 114 cm³/mol. The van der Waals surface area contributed by atoms with E-state index in [1.807, 2.05) is 0 Å². The fraction of sp³-hybridized carbons (Fsp3) is 0. The standard InChI is InChI=1S/C21H11Cl3FNO2S/c22-13-3-1-12(2-4-13)21-18-6-5-14(23)9-19(18)26-11-20(21)29(27,28)17-8-15(24)7-16(25)10-17/h1-11H. The number of pyridine rings is 1. The summed E-state index contributed by atoms with van der Waals surface area (Å²) in [7, 11) is -4.13. The van der Waals surface area contributed by atoms with Crippen LogP contribution in [0.5, 0.6) is 0 Å². The van der Waals surface area contributed by atoms with Gasteiger partial charge in [0.05, 0.1) is 15.3 Å². The number of halogens is 4. The average molecular weight is 467 g/mol. The molecule has 0 fully saturated rings. The summed E-state index contributed by atoms with van der Waals surface area (Å²) in [5.74, 6) is -0.746. The first-order chi connectivity index (χ1) is 13.8. The van der Waals surface area contributed by atoms with Crippen LogP contribution in [0.2, 0.25) is 15.1 Å². The third-order valence-corrected chi connectivity index (χ3v) is 6.82. The Bertz CT molecular complexity index is 1340. The Morgan fingerprint density at radius 2 is 1.48 bits per heavy atom. The summed E-state index contributed by atoms with van der Waals surface area (Å²) in [5.41, 5.74) is 1.56. The second kappa shape index (κ2) is 7.58. The van der Waals surface area contributed by atoms with Gasteiger partial charge in [0.15, 0.2) is 0 Å². The lowest BCUT2D eigenvalue weighted by molar-refractivity contribution is 0.591. The van der Waals surface area contributed by atoms with Crippen LogP contribution in [0.3, 0.4) is 0 Å². The Labute approximate surface area is 181 Å². The zero-order valence-electron chi connectivity index (χ0n) is 14.5. The van der Waals surface area contributed by atoms with Gasteiger partial charge in [0, 0.05) is 32.2 Å². The van der Waals surface area contributed by atoms with E-state index in [1.165, 1.54) is 12.3 Å². The number of hydrogen-bond acceptors (Lipinski definition) is 3. The largest absolute Gasteiger partial charge is 0.255 e. The molecule has 4 aromatic rings. The summed E-state index contributed by atoms with van der Waals surface area (Å²) < 4.78 is 40.6. The summed E-state index contributed by atoms with van der Waals surface area (Å²) in [4.78, 5) is 3.94. The molecule has 4 rings (SSSR count). The summed E-state index contributed by atoms with van der Waals surface area (Å²) in [5, 5.41) is 1.55. The fourth-order valence-electron chi connectivity index (χ4n) is 3.08. The van der Waals surface area contributed by atoms with E-state index in [0.29, 0.717) is 32.1 Å². The Morgan fingerprint density at radius 1 is 0.793 bits per heavy atom. The van der Waals surface area contributed by atoms with Crippen molar-refractivity contribution < 1.29 is 12.8 Å². The minimum absolute atomic E-state index is 0.0165. The van der Waals surface area contributed by atoms with Crippen LogP contribution in [0.1, 0.15) is 0 Å². The van der Waals surface area contributed by atoms with E-state index < -0.39 is 15.7 Å². The maximum absolute atomic E-state index is 13.8. The van der Waals surface area contributed by atoms with Gasteiger partial charge >= 0.3 is 0 Å². The molecule has 1 heterocycles. The van der Waals surface area contributed by atoms with Gasteiger partial charge in [-0.25, -0.2) is 12.8 Å². The number of hydrogen-bond donors (Lipinski definition) is 0. The molecular formula is C21H11Cl3FNO2S. The molecule has 29 heavy (non-hydrogen) atoms. The van der Waals surface area contributed by atoms with E-state index in [9.17, 15) is 12.8 Å². The Morgan fingerprint density at radius 3 is 2.17 bits per heavy atom. The quantitative estimate of drug-likeness (QED) is 0.332. The van der Waals surface area contributed by atoms with E-state index in [0.717, 1.165) is 12.1 Å². The zero-order chi connectivity index (χ0) is 20.8. The SMILES string of the molecule is O=S(=O)(c1cc(F)cc(Cl)c1)c1cnc2cc(Cl)ccc2c1-c1ccc(Cl)cc1. The molecule has 0 amide bonds. The molecule has 0 aliphatic carbocycles. The Hall–Kier alpha value is -2.18. The molecular weight excluding hydrogens is 456 g/mol. The normalized spacial score (nSPS) is 11.7. The fourth-order valence-corrected chi connectivity index (χ4v) is 5.15. The Balaban J connectivity index is 2.07. The average Bonchev–Trinajstić information content (AvgIpc) is 2.67. The van der Waals surface area contributed by atoms with Crippen molar-refractivity contribution >= 4 is 55.5 Å².